The Labute approximate surface area is 127 Å². The quantitative estimate of drug-likeness (QED) is 0.892. The second kappa shape index (κ2) is 4.22. The molecule has 0 amide bonds. The van der Waals surface area contributed by atoms with Gasteiger partial charge in [-0.25, -0.2) is 0 Å². The van der Waals surface area contributed by atoms with Crippen molar-refractivity contribution in [3.05, 3.63) is 24.0 Å². The molecule has 0 spiro atoms. The Hall–Kier alpha value is -1.09. The van der Waals surface area contributed by atoms with Gasteiger partial charge >= 0.3 is 0 Å². The minimum Gasteiger partial charge on any atom is -0.506 e. The molecule has 114 valence electrons. The number of aromatic nitrogens is 1. The van der Waals surface area contributed by atoms with Crippen molar-refractivity contribution in [2.75, 3.05) is 0 Å². The first-order valence-corrected chi connectivity index (χ1v) is 8.27. The second-order valence-corrected chi connectivity index (χ2v) is 8.77. The lowest BCUT2D eigenvalue weighted by atomic mass is 9.43. The summed E-state index contributed by atoms with van der Waals surface area (Å²) in [6.07, 6.45) is 9.81. The molecular formula is C18H26N2O. The van der Waals surface area contributed by atoms with Gasteiger partial charge in [0.1, 0.15) is 5.75 Å². The van der Waals surface area contributed by atoms with E-state index in [9.17, 15) is 5.11 Å². The summed E-state index contributed by atoms with van der Waals surface area (Å²) < 4.78 is 0. The van der Waals surface area contributed by atoms with Gasteiger partial charge in [-0.3, -0.25) is 4.98 Å². The Morgan fingerprint density at radius 2 is 1.86 bits per heavy atom. The smallest absolute Gasteiger partial charge is 0.133 e. The Balaban J connectivity index is 1.53. The molecule has 0 saturated heterocycles. The molecule has 4 fully saturated rings. The molecule has 2 atom stereocenters. The molecule has 0 aromatic carbocycles. The molecular weight excluding hydrogens is 260 g/mol. The average molecular weight is 286 g/mol. The number of rotatable bonds is 3. The van der Waals surface area contributed by atoms with Crippen molar-refractivity contribution >= 4 is 0 Å². The Kier molecular flexibility index (Phi) is 2.73. The molecule has 1 aromatic heterocycles. The molecule has 5 rings (SSSR count). The van der Waals surface area contributed by atoms with E-state index in [1.165, 1.54) is 38.5 Å². The van der Waals surface area contributed by atoms with E-state index in [0.29, 0.717) is 16.4 Å². The third-order valence-electron chi connectivity index (χ3n) is 6.08. The maximum Gasteiger partial charge on any atom is 0.133 e. The number of hydrogen-bond donors (Lipinski definition) is 2. The number of hydrogen-bond acceptors (Lipinski definition) is 3. The van der Waals surface area contributed by atoms with Crippen LogP contribution in [0.5, 0.6) is 5.75 Å². The van der Waals surface area contributed by atoms with Gasteiger partial charge in [-0.05, 0) is 67.4 Å². The van der Waals surface area contributed by atoms with Crippen LogP contribution < -0.4 is 5.32 Å². The average Bonchev–Trinajstić information content (AvgIpc) is 2.34. The van der Waals surface area contributed by atoms with E-state index < -0.39 is 0 Å². The highest BCUT2D eigenvalue weighted by atomic mass is 16.3. The summed E-state index contributed by atoms with van der Waals surface area (Å²) in [6.45, 7) is 5.83. The zero-order valence-electron chi connectivity index (χ0n) is 13.2. The molecule has 0 radical (unpaired) electrons. The maximum atomic E-state index is 9.34. The summed E-state index contributed by atoms with van der Waals surface area (Å²) in [7, 11) is 0. The van der Waals surface area contributed by atoms with Crippen molar-refractivity contribution in [2.24, 2.45) is 16.7 Å². The van der Waals surface area contributed by atoms with Crippen molar-refractivity contribution < 1.29 is 5.11 Å². The molecule has 4 bridgehead atoms. The predicted molar refractivity (Wildman–Crippen MR) is 82.9 cm³/mol. The molecule has 1 heterocycles. The summed E-state index contributed by atoms with van der Waals surface area (Å²) in [5.74, 6) is 1.16. The van der Waals surface area contributed by atoms with Crippen LogP contribution in [0, 0.1) is 16.7 Å². The third kappa shape index (κ3) is 2.36. The van der Waals surface area contributed by atoms with E-state index in [1.54, 1.807) is 12.3 Å². The highest BCUT2D eigenvalue weighted by molar-refractivity contribution is 5.19. The molecule has 4 aliphatic carbocycles. The predicted octanol–water partition coefficient (Wildman–Crippen LogP) is 3.63. The van der Waals surface area contributed by atoms with Crippen LogP contribution in [-0.2, 0) is 6.54 Å². The van der Waals surface area contributed by atoms with E-state index in [2.05, 4.69) is 24.1 Å². The fourth-order valence-corrected chi connectivity index (χ4v) is 6.44. The first kappa shape index (κ1) is 13.6. The van der Waals surface area contributed by atoms with Crippen molar-refractivity contribution in [2.45, 2.75) is 64.5 Å². The number of pyridine rings is 1. The zero-order valence-corrected chi connectivity index (χ0v) is 13.2. The van der Waals surface area contributed by atoms with Crippen molar-refractivity contribution in [1.29, 1.82) is 0 Å². The maximum absolute atomic E-state index is 9.34. The molecule has 0 aliphatic heterocycles. The van der Waals surface area contributed by atoms with E-state index in [1.807, 2.05) is 6.07 Å². The van der Waals surface area contributed by atoms with Crippen LogP contribution in [0.1, 0.15) is 58.1 Å². The normalized spacial score (nSPS) is 44.2. The van der Waals surface area contributed by atoms with Crippen LogP contribution in [0.4, 0.5) is 0 Å². The molecule has 1 aromatic rings. The molecule has 2 N–H and O–H groups in total. The van der Waals surface area contributed by atoms with Crippen molar-refractivity contribution in [1.82, 2.24) is 10.3 Å². The first-order chi connectivity index (χ1) is 9.88. The number of aromatic hydroxyl groups is 1. The van der Waals surface area contributed by atoms with Crippen LogP contribution >= 0.6 is 0 Å². The third-order valence-corrected chi connectivity index (χ3v) is 6.08. The van der Waals surface area contributed by atoms with Gasteiger partial charge in [0.2, 0.25) is 0 Å². The van der Waals surface area contributed by atoms with Gasteiger partial charge in [-0.15, -0.1) is 0 Å². The van der Waals surface area contributed by atoms with E-state index in [-0.39, 0.29) is 5.75 Å². The topological polar surface area (TPSA) is 45.1 Å². The lowest BCUT2D eigenvalue weighted by Crippen LogP contribution is -2.63. The molecule has 4 saturated carbocycles. The monoisotopic (exact) mass is 286 g/mol. The van der Waals surface area contributed by atoms with Crippen LogP contribution in [0.15, 0.2) is 18.3 Å². The van der Waals surface area contributed by atoms with E-state index >= 15 is 0 Å². The minimum atomic E-state index is 0.244. The second-order valence-electron chi connectivity index (χ2n) is 8.77. The Morgan fingerprint density at radius 1 is 1.14 bits per heavy atom. The van der Waals surface area contributed by atoms with Gasteiger partial charge < -0.3 is 10.4 Å². The van der Waals surface area contributed by atoms with Crippen LogP contribution in [-0.4, -0.2) is 15.6 Å². The van der Waals surface area contributed by atoms with Gasteiger partial charge in [-0.2, -0.15) is 0 Å². The molecule has 2 unspecified atom stereocenters. The van der Waals surface area contributed by atoms with Gasteiger partial charge in [0.05, 0.1) is 11.9 Å². The molecule has 4 aliphatic rings. The highest BCUT2D eigenvalue weighted by Crippen LogP contribution is 2.66. The summed E-state index contributed by atoms with van der Waals surface area (Å²) in [4.78, 5) is 4.32. The SMILES string of the molecule is CC12CC3CC(C)(C1)CC(NCc1ccc(O)cn1)(C3)C2. The highest BCUT2D eigenvalue weighted by Gasteiger charge is 2.59. The largest absolute Gasteiger partial charge is 0.506 e. The fraction of sp³-hybridized carbons (Fsp3) is 0.722. The van der Waals surface area contributed by atoms with Gasteiger partial charge in [0, 0.05) is 12.1 Å². The summed E-state index contributed by atoms with van der Waals surface area (Å²) in [6, 6.07) is 3.65. The summed E-state index contributed by atoms with van der Waals surface area (Å²) in [5.41, 5.74) is 2.44. The van der Waals surface area contributed by atoms with Crippen LogP contribution in [0.3, 0.4) is 0 Å². The zero-order chi connectivity index (χ0) is 14.7. The van der Waals surface area contributed by atoms with Crippen molar-refractivity contribution in [3.63, 3.8) is 0 Å². The lowest BCUT2D eigenvalue weighted by molar-refractivity contribution is -0.118. The van der Waals surface area contributed by atoms with Gasteiger partial charge in [0.25, 0.3) is 0 Å². The van der Waals surface area contributed by atoms with Crippen LogP contribution in [0.25, 0.3) is 0 Å². The Bertz CT molecular complexity index is 535. The standard InChI is InChI=1S/C18H26N2O/c1-16-5-13-6-17(2,10-16)12-18(7-13,11-16)20-8-14-3-4-15(21)9-19-14/h3-4,9,13,20-21H,5-8,10-12H2,1-2H3. The lowest BCUT2D eigenvalue weighted by Gasteiger charge is -2.65. The first-order valence-electron chi connectivity index (χ1n) is 8.27. The van der Waals surface area contributed by atoms with Gasteiger partial charge in [-0.1, -0.05) is 13.8 Å². The molecule has 21 heavy (non-hydrogen) atoms. The van der Waals surface area contributed by atoms with Crippen LogP contribution in [0.2, 0.25) is 0 Å². The number of nitrogens with one attached hydrogen (secondary N) is 1. The van der Waals surface area contributed by atoms with Crippen molar-refractivity contribution in [3.8, 4) is 5.75 Å². The Morgan fingerprint density at radius 3 is 2.43 bits per heavy atom. The number of nitrogens with zero attached hydrogens (tertiary/aromatic N) is 1. The van der Waals surface area contributed by atoms with Gasteiger partial charge in [0.15, 0.2) is 0 Å². The van der Waals surface area contributed by atoms with E-state index in [4.69, 9.17) is 0 Å². The fourth-order valence-electron chi connectivity index (χ4n) is 6.44. The molecule has 3 nitrogen and oxygen atoms in total. The molecule has 3 heteroatoms. The minimum absolute atomic E-state index is 0.244. The van der Waals surface area contributed by atoms with E-state index in [0.717, 1.165) is 18.2 Å². The summed E-state index contributed by atoms with van der Waals surface area (Å²) >= 11 is 0. The summed E-state index contributed by atoms with van der Waals surface area (Å²) in [5, 5.41) is 13.2.